The van der Waals surface area contributed by atoms with E-state index in [1.165, 1.54) is 11.1 Å². The normalized spacial score (nSPS) is 12.6. The number of carboxylic acids is 2. The van der Waals surface area contributed by atoms with Crippen LogP contribution in [-0.4, -0.2) is 34.2 Å². The second-order valence-electron chi connectivity index (χ2n) is 7.19. The zero-order chi connectivity index (χ0) is 20.8. The summed E-state index contributed by atoms with van der Waals surface area (Å²) in [5, 5.41) is 23.1. The minimum atomic E-state index is -1.11. The van der Waals surface area contributed by atoms with E-state index in [1.54, 1.807) is 0 Å². The fraction of sp³-hybridized carbons (Fsp3) is 0.318. The molecule has 4 N–H and O–H groups in total. The third-order valence-corrected chi connectivity index (χ3v) is 5.04. The SMILES string of the molecule is O=C(O)CCCCC[C@H](NC(=O)Nc1ccc2c(c1)Cc1ccccc1-2)C(=O)O. The van der Waals surface area contributed by atoms with Gasteiger partial charge < -0.3 is 20.8 Å². The maximum absolute atomic E-state index is 12.3. The molecule has 2 amide bonds. The van der Waals surface area contributed by atoms with Gasteiger partial charge in [0.05, 0.1) is 0 Å². The Morgan fingerprint density at radius 3 is 2.45 bits per heavy atom. The van der Waals surface area contributed by atoms with E-state index in [9.17, 15) is 19.5 Å². The Bertz CT molecular complexity index is 925. The molecule has 7 nitrogen and oxygen atoms in total. The number of anilines is 1. The van der Waals surface area contributed by atoms with E-state index in [0.29, 0.717) is 24.9 Å². The van der Waals surface area contributed by atoms with Crippen LogP contribution in [0.3, 0.4) is 0 Å². The number of carbonyl (C=O) groups is 3. The zero-order valence-electron chi connectivity index (χ0n) is 16.0. The number of urea groups is 1. The van der Waals surface area contributed by atoms with Gasteiger partial charge in [0.15, 0.2) is 0 Å². The fourth-order valence-corrected chi connectivity index (χ4v) is 3.61. The van der Waals surface area contributed by atoms with Crippen LogP contribution in [0.2, 0.25) is 0 Å². The number of rotatable bonds is 9. The van der Waals surface area contributed by atoms with Crippen LogP contribution in [0.25, 0.3) is 11.1 Å². The van der Waals surface area contributed by atoms with Gasteiger partial charge in [-0.05, 0) is 53.6 Å². The summed E-state index contributed by atoms with van der Waals surface area (Å²) in [6, 6.07) is 12.3. The molecule has 152 valence electrons. The van der Waals surface area contributed by atoms with Crippen LogP contribution in [0.1, 0.15) is 43.2 Å². The van der Waals surface area contributed by atoms with Crippen molar-refractivity contribution in [3.63, 3.8) is 0 Å². The molecule has 0 unspecified atom stereocenters. The monoisotopic (exact) mass is 396 g/mol. The van der Waals surface area contributed by atoms with Crippen LogP contribution in [0.4, 0.5) is 10.5 Å². The summed E-state index contributed by atoms with van der Waals surface area (Å²) in [4.78, 5) is 34.2. The van der Waals surface area contributed by atoms with Crippen LogP contribution in [0.15, 0.2) is 42.5 Å². The first-order valence-corrected chi connectivity index (χ1v) is 9.67. The van der Waals surface area contributed by atoms with Gasteiger partial charge in [-0.15, -0.1) is 0 Å². The summed E-state index contributed by atoms with van der Waals surface area (Å²) in [6.45, 7) is 0. The molecule has 0 heterocycles. The third kappa shape index (κ3) is 5.34. The predicted molar refractivity (Wildman–Crippen MR) is 109 cm³/mol. The molecule has 1 aliphatic carbocycles. The van der Waals surface area contributed by atoms with Gasteiger partial charge in [-0.1, -0.05) is 43.2 Å². The Labute approximate surface area is 168 Å². The summed E-state index contributed by atoms with van der Waals surface area (Å²) < 4.78 is 0. The molecule has 1 atom stereocenters. The number of nitrogens with one attached hydrogen (secondary N) is 2. The molecule has 0 aliphatic heterocycles. The summed E-state index contributed by atoms with van der Waals surface area (Å²) >= 11 is 0. The van der Waals surface area contributed by atoms with Gasteiger partial charge in [-0.3, -0.25) is 4.79 Å². The lowest BCUT2D eigenvalue weighted by Gasteiger charge is -2.15. The van der Waals surface area contributed by atoms with Crippen molar-refractivity contribution >= 4 is 23.7 Å². The molecule has 0 saturated heterocycles. The van der Waals surface area contributed by atoms with Crippen molar-refractivity contribution in [3.8, 4) is 11.1 Å². The van der Waals surface area contributed by atoms with Gasteiger partial charge in [0.2, 0.25) is 0 Å². The van der Waals surface area contributed by atoms with Crippen molar-refractivity contribution in [3.05, 3.63) is 53.6 Å². The maximum Gasteiger partial charge on any atom is 0.326 e. The van der Waals surface area contributed by atoms with Gasteiger partial charge in [0, 0.05) is 12.1 Å². The molecule has 2 aromatic rings. The molecule has 0 spiro atoms. The summed E-state index contributed by atoms with van der Waals surface area (Å²) in [5.41, 5.74) is 5.33. The van der Waals surface area contributed by atoms with Gasteiger partial charge in [-0.2, -0.15) is 0 Å². The molecular weight excluding hydrogens is 372 g/mol. The number of carboxylic acid groups (broad SMARTS) is 2. The molecule has 0 radical (unpaired) electrons. The minimum absolute atomic E-state index is 0.0633. The highest BCUT2D eigenvalue weighted by Gasteiger charge is 2.21. The lowest BCUT2D eigenvalue weighted by atomic mass is 10.1. The number of fused-ring (bicyclic) bond motifs is 3. The van der Waals surface area contributed by atoms with Crippen LogP contribution < -0.4 is 10.6 Å². The Kier molecular flexibility index (Phi) is 6.49. The molecule has 2 aromatic carbocycles. The van der Waals surface area contributed by atoms with Gasteiger partial charge >= 0.3 is 18.0 Å². The van der Waals surface area contributed by atoms with Crippen LogP contribution >= 0.6 is 0 Å². The van der Waals surface area contributed by atoms with E-state index < -0.39 is 24.0 Å². The molecule has 0 fully saturated rings. The molecule has 0 aromatic heterocycles. The Hall–Kier alpha value is -3.35. The minimum Gasteiger partial charge on any atom is -0.481 e. The number of hydrogen-bond acceptors (Lipinski definition) is 3. The second-order valence-corrected chi connectivity index (χ2v) is 7.19. The maximum atomic E-state index is 12.3. The number of carbonyl (C=O) groups excluding carboxylic acids is 1. The Morgan fingerprint density at radius 1 is 0.931 bits per heavy atom. The van der Waals surface area contributed by atoms with Crippen molar-refractivity contribution in [1.29, 1.82) is 0 Å². The molecule has 0 bridgehead atoms. The van der Waals surface area contributed by atoms with Crippen molar-refractivity contribution in [2.24, 2.45) is 0 Å². The largest absolute Gasteiger partial charge is 0.481 e. The van der Waals surface area contributed by atoms with Crippen molar-refractivity contribution in [2.45, 2.75) is 44.6 Å². The van der Waals surface area contributed by atoms with Gasteiger partial charge in [-0.25, -0.2) is 9.59 Å². The van der Waals surface area contributed by atoms with E-state index in [4.69, 9.17) is 5.11 Å². The lowest BCUT2D eigenvalue weighted by molar-refractivity contribution is -0.139. The number of aliphatic carboxylic acids is 2. The van der Waals surface area contributed by atoms with E-state index in [-0.39, 0.29) is 12.8 Å². The van der Waals surface area contributed by atoms with E-state index >= 15 is 0 Å². The van der Waals surface area contributed by atoms with Gasteiger partial charge in [0.1, 0.15) is 6.04 Å². The van der Waals surface area contributed by atoms with Crippen LogP contribution in [0.5, 0.6) is 0 Å². The topological polar surface area (TPSA) is 116 Å². The molecule has 0 saturated carbocycles. The highest BCUT2D eigenvalue weighted by atomic mass is 16.4. The van der Waals surface area contributed by atoms with Crippen molar-refractivity contribution < 1.29 is 24.6 Å². The predicted octanol–water partition coefficient (Wildman–Crippen LogP) is 3.87. The van der Waals surface area contributed by atoms with E-state index in [2.05, 4.69) is 22.8 Å². The van der Waals surface area contributed by atoms with Crippen molar-refractivity contribution in [2.75, 3.05) is 5.32 Å². The van der Waals surface area contributed by atoms with E-state index in [1.807, 2.05) is 30.3 Å². The molecule has 1 aliphatic rings. The first-order chi connectivity index (χ1) is 13.9. The molecule has 3 rings (SSSR count). The summed E-state index contributed by atoms with van der Waals surface area (Å²) in [7, 11) is 0. The quantitative estimate of drug-likeness (QED) is 0.410. The average molecular weight is 396 g/mol. The van der Waals surface area contributed by atoms with Gasteiger partial charge in [0.25, 0.3) is 0 Å². The third-order valence-electron chi connectivity index (χ3n) is 5.04. The highest BCUT2D eigenvalue weighted by Crippen LogP contribution is 2.37. The first-order valence-electron chi connectivity index (χ1n) is 9.67. The number of amides is 2. The fourth-order valence-electron chi connectivity index (χ4n) is 3.61. The smallest absolute Gasteiger partial charge is 0.326 e. The second kappa shape index (κ2) is 9.23. The standard InChI is InChI=1S/C22H24N2O5/c25-20(26)9-3-1-2-8-19(21(27)28)24-22(29)23-16-10-11-18-15(13-16)12-14-6-4-5-7-17(14)18/h4-7,10-11,13,19H,1-3,8-9,12H2,(H,25,26)(H,27,28)(H2,23,24,29)/t19-/m0/s1. The lowest BCUT2D eigenvalue weighted by Crippen LogP contribution is -2.43. The highest BCUT2D eigenvalue weighted by molar-refractivity contribution is 5.93. The van der Waals surface area contributed by atoms with Crippen LogP contribution in [-0.2, 0) is 16.0 Å². The zero-order valence-corrected chi connectivity index (χ0v) is 16.0. The van der Waals surface area contributed by atoms with Crippen molar-refractivity contribution in [1.82, 2.24) is 5.32 Å². The number of hydrogen-bond donors (Lipinski definition) is 4. The summed E-state index contributed by atoms with van der Waals surface area (Å²) in [6.07, 6.45) is 2.74. The molecule has 7 heteroatoms. The Balaban J connectivity index is 1.53. The number of unbranched alkanes of at least 4 members (excludes halogenated alkanes) is 2. The first kappa shape index (κ1) is 20.4. The van der Waals surface area contributed by atoms with Crippen LogP contribution in [0, 0.1) is 0 Å². The summed E-state index contributed by atoms with van der Waals surface area (Å²) in [5.74, 6) is -1.97. The Morgan fingerprint density at radius 2 is 1.69 bits per heavy atom. The molecular formula is C22H24N2O5. The van der Waals surface area contributed by atoms with E-state index in [0.717, 1.165) is 17.5 Å². The number of benzene rings is 2. The molecule has 29 heavy (non-hydrogen) atoms. The average Bonchev–Trinajstić information content (AvgIpc) is 3.04.